The van der Waals surface area contributed by atoms with Crippen molar-refractivity contribution in [2.24, 2.45) is 0 Å². The Morgan fingerprint density at radius 2 is 1.95 bits per heavy atom. The maximum atomic E-state index is 12.1. The van der Waals surface area contributed by atoms with E-state index >= 15 is 0 Å². The first-order valence-corrected chi connectivity index (χ1v) is 7.36. The Kier molecular flexibility index (Phi) is 3.61. The molecule has 1 N–H and O–H groups in total. The van der Waals surface area contributed by atoms with Gasteiger partial charge in [-0.2, -0.15) is 0 Å². The number of hydrogen-bond donors (Lipinski definition) is 1. The summed E-state index contributed by atoms with van der Waals surface area (Å²) in [6.45, 7) is 2.86. The Balaban J connectivity index is 1.89. The van der Waals surface area contributed by atoms with Crippen molar-refractivity contribution in [3.63, 3.8) is 0 Å². The Labute approximate surface area is 117 Å². The summed E-state index contributed by atoms with van der Waals surface area (Å²) in [6, 6.07) is 1.76. The molecule has 5 nitrogen and oxygen atoms in total. The van der Waals surface area contributed by atoms with Gasteiger partial charge in [-0.25, -0.2) is 4.79 Å². The summed E-state index contributed by atoms with van der Waals surface area (Å²) in [6.07, 6.45) is 7.50. The zero-order valence-corrected chi connectivity index (χ0v) is 11.5. The standard InChI is InChI=1S/C15H20N2O3/c18-14-13(15(19)20)8-11(10-17(14)12-4-5-12)9-16-6-2-1-3-7-16/h8,10,12H,1-7,9H2,(H,19,20). The molecule has 108 valence electrons. The number of carboxylic acid groups (broad SMARTS) is 1. The highest BCUT2D eigenvalue weighted by atomic mass is 16.4. The molecule has 2 fully saturated rings. The highest BCUT2D eigenvalue weighted by Crippen LogP contribution is 2.33. The van der Waals surface area contributed by atoms with Crippen molar-refractivity contribution in [1.82, 2.24) is 9.47 Å². The quantitative estimate of drug-likeness (QED) is 0.912. The van der Waals surface area contributed by atoms with Gasteiger partial charge in [-0.3, -0.25) is 9.69 Å². The molecule has 2 aliphatic rings. The minimum atomic E-state index is -1.12. The van der Waals surface area contributed by atoms with Crippen LogP contribution in [0, 0.1) is 0 Å². The first-order chi connectivity index (χ1) is 9.65. The number of carboxylic acids is 1. The van der Waals surface area contributed by atoms with E-state index in [1.165, 1.54) is 19.3 Å². The zero-order chi connectivity index (χ0) is 14.1. The molecule has 0 spiro atoms. The molecule has 0 bridgehead atoms. The average molecular weight is 276 g/mol. The summed E-state index contributed by atoms with van der Waals surface area (Å²) in [5, 5.41) is 9.20. The predicted molar refractivity (Wildman–Crippen MR) is 75.1 cm³/mol. The summed E-state index contributed by atoms with van der Waals surface area (Å²) in [7, 11) is 0. The second kappa shape index (κ2) is 5.40. The van der Waals surface area contributed by atoms with Crippen LogP contribution < -0.4 is 5.56 Å². The van der Waals surface area contributed by atoms with Gasteiger partial charge in [0.05, 0.1) is 0 Å². The number of aromatic carboxylic acids is 1. The lowest BCUT2D eigenvalue weighted by atomic mass is 10.1. The van der Waals surface area contributed by atoms with Crippen molar-refractivity contribution < 1.29 is 9.90 Å². The number of carbonyl (C=O) groups is 1. The van der Waals surface area contributed by atoms with Crippen LogP contribution in [0.25, 0.3) is 0 Å². The number of rotatable bonds is 4. The smallest absolute Gasteiger partial charge is 0.341 e. The third-order valence-corrected chi connectivity index (χ3v) is 4.13. The van der Waals surface area contributed by atoms with Crippen LogP contribution in [0.2, 0.25) is 0 Å². The van der Waals surface area contributed by atoms with E-state index in [-0.39, 0.29) is 17.2 Å². The first kappa shape index (κ1) is 13.4. The lowest BCUT2D eigenvalue weighted by Gasteiger charge is -2.26. The van der Waals surface area contributed by atoms with Crippen LogP contribution in [-0.4, -0.2) is 33.6 Å². The van der Waals surface area contributed by atoms with Crippen molar-refractivity contribution in [2.75, 3.05) is 13.1 Å². The molecule has 1 aliphatic carbocycles. The third kappa shape index (κ3) is 2.77. The molecule has 1 saturated heterocycles. The monoisotopic (exact) mass is 276 g/mol. The maximum absolute atomic E-state index is 12.1. The van der Waals surface area contributed by atoms with Gasteiger partial charge in [-0.1, -0.05) is 6.42 Å². The predicted octanol–water partition coefficient (Wildman–Crippen LogP) is 1.87. The lowest BCUT2D eigenvalue weighted by molar-refractivity contribution is 0.0694. The average Bonchev–Trinajstić information content (AvgIpc) is 3.26. The van der Waals surface area contributed by atoms with E-state index in [4.69, 9.17) is 0 Å². The molecular formula is C15H20N2O3. The van der Waals surface area contributed by atoms with Crippen LogP contribution in [0.5, 0.6) is 0 Å². The minimum absolute atomic E-state index is 0.0913. The molecule has 2 heterocycles. The molecule has 0 unspecified atom stereocenters. The van der Waals surface area contributed by atoms with Gasteiger partial charge < -0.3 is 9.67 Å². The molecule has 1 saturated carbocycles. The second-order valence-corrected chi connectivity index (χ2v) is 5.85. The van der Waals surface area contributed by atoms with Crippen molar-refractivity contribution >= 4 is 5.97 Å². The van der Waals surface area contributed by atoms with Crippen molar-refractivity contribution in [1.29, 1.82) is 0 Å². The maximum Gasteiger partial charge on any atom is 0.341 e. The van der Waals surface area contributed by atoms with E-state index in [1.54, 1.807) is 10.6 Å². The van der Waals surface area contributed by atoms with E-state index < -0.39 is 5.97 Å². The molecule has 3 rings (SSSR count). The Morgan fingerprint density at radius 1 is 1.25 bits per heavy atom. The number of hydrogen-bond acceptors (Lipinski definition) is 3. The molecule has 5 heteroatoms. The Morgan fingerprint density at radius 3 is 2.55 bits per heavy atom. The molecular weight excluding hydrogens is 256 g/mol. The largest absolute Gasteiger partial charge is 0.477 e. The zero-order valence-electron chi connectivity index (χ0n) is 11.5. The Bertz CT molecular complexity index is 569. The van der Waals surface area contributed by atoms with Gasteiger partial charge in [0.1, 0.15) is 5.56 Å². The highest BCUT2D eigenvalue weighted by molar-refractivity contribution is 5.87. The van der Waals surface area contributed by atoms with Crippen LogP contribution in [0.1, 0.15) is 54.1 Å². The molecule has 1 aromatic heterocycles. The van der Waals surface area contributed by atoms with Crippen molar-refractivity contribution in [3.8, 4) is 0 Å². The molecule has 1 aromatic rings. The molecule has 0 radical (unpaired) electrons. The van der Waals surface area contributed by atoms with E-state index in [9.17, 15) is 14.7 Å². The number of nitrogens with zero attached hydrogens (tertiary/aromatic N) is 2. The number of aromatic nitrogens is 1. The lowest BCUT2D eigenvalue weighted by Crippen LogP contribution is -2.31. The minimum Gasteiger partial charge on any atom is -0.477 e. The van der Waals surface area contributed by atoms with Gasteiger partial charge in [-0.15, -0.1) is 0 Å². The third-order valence-electron chi connectivity index (χ3n) is 4.13. The topological polar surface area (TPSA) is 62.5 Å². The normalized spacial score (nSPS) is 20.0. The fourth-order valence-corrected chi connectivity index (χ4v) is 2.90. The van der Waals surface area contributed by atoms with Crippen molar-refractivity contribution in [3.05, 3.63) is 33.7 Å². The highest BCUT2D eigenvalue weighted by Gasteiger charge is 2.27. The van der Waals surface area contributed by atoms with Crippen LogP contribution in [0.3, 0.4) is 0 Å². The summed E-state index contributed by atoms with van der Waals surface area (Å²) in [4.78, 5) is 25.7. The molecule has 0 atom stereocenters. The van der Waals surface area contributed by atoms with Crippen LogP contribution in [-0.2, 0) is 6.54 Å². The summed E-state index contributed by atoms with van der Waals surface area (Å²) < 4.78 is 1.63. The van der Waals surface area contributed by atoms with Crippen LogP contribution in [0.15, 0.2) is 17.1 Å². The molecule has 0 aromatic carbocycles. The Hall–Kier alpha value is -1.62. The van der Waals surface area contributed by atoms with E-state index in [0.29, 0.717) is 0 Å². The van der Waals surface area contributed by atoms with Gasteiger partial charge >= 0.3 is 5.97 Å². The van der Waals surface area contributed by atoms with Crippen LogP contribution >= 0.6 is 0 Å². The molecule has 0 amide bonds. The SMILES string of the molecule is O=C(O)c1cc(CN2CCCCC2)cn(C2CC2)c1=O. The summed E-state index contributed by atoms with van der Waals surface area (Å²) in [5.41, 5.74) is 0.490. The van der Waals surface area contributed by atoms with Gasteiger partial charge in [-0.05, 0) is 50.4 Å². The number of likely N-dealkylation sites (tertiary alicyclic amines) is 1. The van der Waals surface area contributed by atoms with Crippen LogP contribution in [0.4, 0.5) is 0 Å². The number of pyridine rings is 1. The van der Waals surface area contributed by atoms with Gasteiger partial charge in [0.2, 0.25) is 0 Å². The van der Waals surface area contributed by atoms with Gasteiger partial charge in [0, 0.05) is 18.8 Å². The number of piperidine rings is 1. The fourth-order valence-electron chi connectivity index (χ4n) is 2.90. The molecule has 20 heavy (non-hydrogen) atoms. The van der Waals surface area contributed by atoms with Gasteiger partial charge in [0.25, 0.3) is 5.56 Å². The van der Waals surface area contributed by atoms with E-state index in [2.05, 4.69) is 4.90 Å². The summed E-state index contributed by atoms with van der Waals surface area (Å²) in [5.74, 6) is -1.12. The van der Waals surface area contributed by atoms with Crippen molar-refractivity contribution in [2.45, 2.75) is 44.7 Å². The first-order valence-electron chi connectivity index (χ1n) is 7.36. The molecule has 1 aliphatic heterocycles. The van der Waals surface area contributed by atoms with E-state index in [0.717, 1.165) is 38.0 Å². The second-order valence-electron chi connectivity index (χ2n) is 5.85. The van der Waals surface area contributed by atoms with E-state index in [1.807, 2.05) is 6.20 Å². The summed E-state index contributed by atoms with van der Waals surface area (Å²) >= 11 is 0. The van der Waals surface area contributed by atoms with Gasteiger partial charge in [0.15, 0.2) is 0 Å². The fraction of sp³-hybridized carbons (Fsp3) is 0.600.